The number of amides is 1. The van der Waals surface area contributed by atoms with Gasteiger partial charge in [0, 0.05) is 25.4 Å². The van der Waals surface area contributed by atoms with Gasteiger partial charge in [-0.15, -0.1) is 0 Å². The van der Waals surface area contributed by atoms with E-state index in [0.717, 1.165) is 0 Å². The molecule has 1 amide bonds. The van der Waals surface area contributed by atoms with Gasteiger partial charge in [-0.2, -0.15) is 10.1 Å². The molecule has 0 aromatic carbocycles. The lowest BCUT2D eigenvalue weighted by atomic mass is 9.96. The van der Waals surface area contributed by atoms with Crippen molar-refractivity contribution in [2.75, 3.05) is 18.8 Å². The fourth-order valence-corrected chi connectivity index (χ4v) is 3.99. The smallest absolute Gasteiger partial charge is 0.287 e. The molecule has 2 aliphatic heterocycles. The molecular formula is C13H19F4N3O4S. The molecule has 0 aromatic heterocycles. The van der Waals surface area contributed by atoms with E-state index in [9.17, 15) is 35.9 Å². The van der Waals surface area contributed by atoms with Crippen LogP contribution < -0.4 is 0 Å². The minimum Gasteiger partial charge on any atom is -0.364 e. The molecule has 0 saturated carbocycles. The van der Waals surface area contributed by atoms with Crippen molar-refractivity contribution in [3.05, 3.63) is 0 Å². The number of nitrogens with zero attached hydrogens (tertiary/aromatic N) is 3. The zero-order valence-corrected chi connectivity index (χ0v) is 14.2. The van der Waals surface area contributed by atoms with E-state index in [-0.39, 0.29) is 36.7 Å². The molecule has 1 atom stereocenters. The van der Waals surface area contributed by atoms with Crippen molar-refractivity contribution in [1.29, 1.82) is 0 Å². The van der Waals surface area contributed by atoms with Crippen LogP contribution in [0.3, 0.4) is 0 Å². The van der Waals surface area contributed by atoms with E-state index in [0.29, 0.717) is 0 Å². The summed E-state index contributed by atoms with van der Waals surface area (Å²) in [7, 11) is -3.43. The first kappa shape index (κ1) is 20.0. The maximum absolute atomic E-state index is 13.2. The number of sulfonamides is 1. The molecule has 0 aromatic rings. The normalized spacial score (nSPS) is 26.6. The van der Waals surface area contributed by atoms with E-state index in [1.807, 2.05) is 0 Å². The number of halogens is 4. The molecule has 0 spiro atoms. The molecule has 1 saturated heterocycles. The Kier molecular flexibility index (Phi) is 5.74. The van der Waals surface area contributed by atoms with E-state index >= 15 is 0 Å². The fraction of sp³-hybridized carbons (Fsp3) is 0.846. The van der Waals surface area contributed by atoms with E-state index in [1.54, 1.807) is 0 Å². The Morgan fingerprint density at radius 1 is 1.32 bits per heavy atom. The van der Waals surface area contributed by atoms with Crippen molar-refractivity contribution in [1.82, 2.24) is 9.31 Å². The van der Waals surface area contributed by atoms with Gasteiger partial charge in [-0.05, 0) is 19.8 Å². The summed E-state index contributed by atoms with van der Waals surface area (Å²) in [4.78, 5) is 12.4. The molecule has 144 valence electrons. The molecule has 2 aliphatic rings. The average molecular weight is 389 g/mol. The highest BCUT2D eigenvalue weighted by Crippen LogP contribution is 2.35. The minimum absolute atomic E-state index is 0.0128. The highest BCUT2D eigenvalue weighted by molar-refractivity contribution is 7.89. The van der Waals surface area contributed by atoms with Crippen molar-refractivity contribution in [2.24, 2.45) is 11.0 Å². The Morgan fingerprint density at radius 3 is 2.32 bits per heavy atom. The Hall–Kier alpha value is -1.27. The van der Waals surface area contributed by atoms with Gasteiger partial charge in [0.1, 0.15) is 5.71 Å². The maximum atomic E-state index is 13.2. The highest BCUT2D eigenvalue weighted by Gasteiger charge is 2.54. The number of rotatable bonds is 5. The molecule has 0 bridgehead atoms. The summed E-state index contributed by atoms with van der Waals surface area (Å²) in [5.74, 6) is -1.99. The number of aliphatic hydroxyl groups is 1. The van der Waals surface area contributed by atoms with Crippen LogP contribution in [0.4, 0.5) is 17.6 Å². The van der Waals surface area contributed by atoms with Crippen molar-refractivity contribution < 1.29 is 35.9 Å². The number of hydrogen-bond acceptors (Lipinski definition) is 5. The molecule has 1 fully saturated rings. The molecule has 25 heavy (non-hydrogen) atoms. The van der Waals surface area contributed by atoms with Crippen LogP contribution in [0.1, 0.15) is 26.2 Å². The Labute approximate surface area is 142 Å². The number of carbonyl (C=O) groups is 1. The Bertz CT molecular complexity index is 650. The number of hydrazone groups is 1. The summed E-state index contributed by atoms with van der Waals surface area (Å²) in [6, 6.07) is 0. The zero-order valence-electron chi connectivity index (χ0n) is 13.4. The lowest BCUT2D eigenvalue weighted by Gasteiger charge is -2.35. The summed E-state index contributed by atoms with van der Waals surface area (Å²) >= 11 is 0. The molecule has 7 nitrogen and oxygen atoms in total. The number of alkyl halides is 4. The molecule has 0 aliphatic carbocycles. The van der Waals surface area contributed by atoms with Crippen molar-refractivity contribution in [3.63, 3.8) is 0 Å². The summed E-state index contributed by atoms with van der Waals surface area (Å²) in [5.41, 5.74) is -4.09. The van der Waals surface area contributed by atoms with Gasteiger partial charge in [0.25, 0.3) is 12.9 Å². The van der Waals surface area contributed by atoms with Crippen LogP contribution in [0.5, 0.6) is 0 Å². The zero-order chi connectivity index (χ0) is 19.0. The number of hydrogen-bond donors (Lipinski definition) is 1. The van der Waals surface area contributed by atoms with Crippen LogP contribution in [-0.2, 0) is 14.8 Å². The third kappa shape index (κ3) is 3.80. The predicted molar refractivity (Wildman–Crippen MR) is 79.6 cm³/mol. The largest absolute Gasteiger partial charge is 0.364 e. The van der Waals surface area contributed by atoms with Crippen LogP contribution in [0.15, 0.2) is 5.10 Å². The number of carbonyl (C=O) groups excluding carboxylic acids is 1. The monoisotopic (exact) mass is 389 g/mol. The first-order chi connectivity index (χ1) is 11.5. The highest BCUT2D eigenvalue weighted by atomic mass is 32.2. The van der Waals surface area contributed by atoms with Gasteiger partial charge in [0.05, 0.1) is 5.75 Å². The average Bonchev–Trinajstić information content (AvgIpc) is 2.94. The van der Waals surface area contributed by atoms with Crippen molar-refractivity contribution >= 4 is 21.6 Å². The number of piperidine rings is 1. The third-order valence-electron chi connectivity index (χ3n) is 4.41. The maximum Gasteiger partial charge on any atom is 0.287 e. The molecule has 1 N–H and O–H groups in total. The van der Waals surface area contributed by atoms with Crippen LogP contribution in [0.2, 0.25) is 0 Å². The van der Waals surface area contributed by atoms with Crippen molar-refractivity contribution in [3.8, 4) is 0 Å². The molecule has 0 radical (unpaired) electrons. The van der Waals surface area contributed by atoms with E-state index in [2.05, 4.69) is 5.10 Å². The van der Waals surface area contributed by atoms with Crippen LogP contribution >= 0.6 is 0 Å². The Balaban J connectivity index is 2.14. The molecule has 2 heterocycles. The summed E-state index contributed by atoms with van der Waals surface area (Å²) < 4.78 is 76.6. The second kappa shape index (κ2) is 7.16. The third-order valence-corrected chi connectivity index (χ3v) is 6.29. The quantitative estimate of drug-likeness (QED) is 0.706. The van der Waals surface area contributed by atoms with Gasteiger partial charge in [-0.1, -0.05) is 0 Å². The lowest BCUT2D eigenvalue weighted by molar-refractivity contribution is -0.195. The molecule has 0 unspecified atom stereocenters. The van der Waals surface area contributed by atoms with E-state index in [4.69, 9.17) is 0 Å². The first-order valence-electron chi connectivity index (χ1n) is 7.71. The Morgan fingerprint density at radius 2 is 1.88 bits per heavy atom. The summed E-state index contributed by atoms with van der Waals surface area (Å²) in [6.07, 6.45) is -7.70. The van der Waals surface area contributed by atoms with Gasteiger partial charge in [0.2, 0.25) is 21.7 Å². The van der Waals surface area contributed by atoms with E-state index < -0.39 is 52.6 Å². The molecule has 2 rings (SSSR count). The first-order valence-corrected chi connectivity index (χ1v) is 9.31. The van der Waals surface area contributed by atoms with Gasteiger partial charge >= 0.3 is 0 Å². The van der Waals surface area contributed by atoms with Gasteiger partial charge < -0.3 is 5.11 Å². The second-order valence-corrected chi connectivity index (χ2v) is 8.23. The van der Waals surface area contributed by atoms with Crippen molar-refractivity contribution in [2.45, 2.75) is 44.8 Å². The van der Waals surface area contributed by atoms with Crippen LogP contribution in [-0.4, -0.2) is 71.9 Å². The van der Waals surface area contributed by atoms with Crippen LogP contribution in [0.25, 0.3) is 0 Å². The van der Waals surface area contributed by atoms with Gasteiger partial charge in [-0.25, -0.2) is 30.3 Å². The standard InChI is InChI=1S/C13H19F4N3O4S/c1-2-25(23,24)19-5-3-8(4-6-19)11(21)20-13(22,12(16)17)7-9(18-20)10(14)15/h8,10,12,22H,2-7H2,1H3/t13-/m1/s1. The SMILES string of the molecule is CCS(=O)(=O)N1CCC(C(=O)N2N=C(C(F)F)C[C@@]2(O)C(F)F)CC1. The van der Waals surface area contributed by atoms with Gasteiger partial charge in [0.15, 0.2) is 0 Å². The second-order valence-electron chi connectivity index (χ2n) is 5.97. The summed E-state index contributed by atoms with van der Waals surface area (Å²) in [6.45, 7) is 1.50. The topological polar surface area (TPSA) is 90.3 Å². The minimum atomic E-state index is -3.47. The fourth-order valence-electron chi connectivity index (χ4n) is 2.86. The molecule has 12 heteroatoms. The summed E-state index contributed by atoms with van der Waals surface area (Å²) in [5, 5.41) is 13.2. The van der Waals surface area contributed by atoms with Gasteiger partial charge in [-0.3, -0.25) is 4.79 Å². The lowest BCUT2D eigenvalue weighted by Crippen LogP contribution is -2.54. The predicted octanol–water partition coefficient (Wildman–Crippen LogP) is 0.855. The van der Waals surface area contributed by atoms with E-state index in [1.165, 1.54) is 11.2 Å². The molecular weight excluding hydrogens is 370 g/mol. The van der Waals surface area contributed by atoms with Crippen LogP contribution in [0, 0.1) is 5.92 Å².